The summed E-state index contributed by atoms with van der Waals surface area (Å²) in [5, 5.41) is 0. The van der Waals surface area contributed by atoms with Crippen LogP contribution in [0.15, 0.2) is 12.2 Å². The minimum absolute atomic E-state index is 0.145. The number of rotatable bonds is 37. The lowest BCUT2D eigenvalue weighted by molar-refractivity contribution is -0.873. The fraction of sp³-hybridized carbons (Fsp3) is 0.907. The van der Waals surface area contributed by atoms with Gasteiger partial charge in [-0.05, 0) is 38.5 Å². The van der Waals surface area contributed by atoms with E-state index in [9.17, 15) is 9.59 Å². The molecule has 0 aliphatic carbocycles. The molecule has 0 rings (SSSR count). The van der Waals surface area contributed by atoms with Crippen molar-refractivity contribution < 1.29 is 23.5 Å². The number of allylic oxidation sites excluding steroid dienone is 2. The molecular weight excluding hydrogens is 594 g/mol. The first-order valence-electron chi connectivity index (χ1n) is 21.1. The zero-order valence-electron chi connectivity index (χ0n) is 33.1. The smallest absolute Gasteiger partial charge is 0.309 e. The molecule has 284 valence electrons. The van der Waals surface area contributed by atoms with Crippen molar-refractivity contribution in [3.8, 4) is 0 Å². The summed E-state index contributed by atoms with van der Waals surface area (Å²) < 4.78 is 12.0. The van der Waals surface area contributed by atoms with Crippen molar-refractivity contribution in [2.75, 3.05) is 34.3 Å². The quantitative estimate of drug-likeness (QED) is 0.0284. The Morgan fingerprint density at radius 2 is 0.875 bits per heavy atom. The van der Waals surface area contributed by atoms with Crippen LogP contribution >= 0.6 is 0 Å². The van der Waals surface area contributed by atoms with E-state index in [4.69, 9.17) is 9.47 Å². The average Bonchev–Trinajstić information content (AvgIpc) is 3.03. The summed E-state index contributed by atoms with van der Waals surface area (Å²) in [4.78, 5) is 25.2. The molecule has 0 radical (unpaired) electrons. The van der Waals surface area contributed by atoms with Gasteiger partial charge in [0, 0.05) is 6.42 Å². The topological polar surface area (TPSA) is 52.6 Å². The number of carbonyl (C=O) groups excluding carboxylic acids is 2. The minimum atomic E-state index is -0.432. The van der Waals surface area contributed by atoms with Gasteiger partial charge in [-0.1, -0.05) is 174 Å². The van der Waals surface area contributed by atoms with Crippen molar-refractivity contribution >= 4 is 11.9 Å². The Morgan fingerprint density at radius 1 is 0.500 bits per heavy atom. The summed E-state index contributed by atoms with van der Waals surface area (Å²) in [6.45, 7) is 5.62. The maximum Gasteiger partial charge on any atom is 0.309 e. The first-order chi connectivity index (χ1) is 23.3. The molecule has 0 aromatic heterocycles. The second-order valence-electron chi connectivity index (χ2n) is 15.6. The van der Waals surface area contributed by atoms with Crippen molar-refractivity contribution in [1.82, 2.24) is 0 Å². The highest BCUT2D eigenvalue weighted by atomic mass is 16.6. The first-order valence-corrected chi connectivity index (χ1v) is 21.1. The van der Waals surface area contributed by atoms with E-state index >= 15 is 0 Å². The van der Waals surface area contributed by atoms with Crippen LogP contribution in [-0.4, -0.2) is 56.8 Å². The Hall–Kier alpha value is -1.36. The molecule has 1 atom stereocenters. The van der Waals surface area contributed by atoms with Crippen LogP contribution in [0.5, 0.6) is 0 Å². The predicted molar refractivity (Wildman–Crippen MR) is 207 cm³/mol. The van der Waals surface area contributed by atoms with Crippen LogP contribution in [0.3, 0.4) is 0 Å². The number of unbranched alkanes of at least 4 members (excludes halogenated alkanes) is 26. The summed E-state index contributed by atoms with van der Waals surface area (Å²) in [7, 11) is 6.19. The van der Waals surface area contributed by atoms with Crippen LogP contribution in [0.4, 0.5) is 0 Å². The van der Waals surface area contributed by atoms with Gasteiger partial charge in [0.2, 0.25) is 0 Å². The third kappa shape index (κ3) is 37.5. The van der Waals surface area contributed by atoms with Crippen molar-refractivity contribution in [2.24, 2.45) is 0 Å². The second kappa shape index (κ2) is 35.5. The van der Waals surface area contributed by atoms with E-state index in [2.05, 4.69) is 47.1 Å². The van der Waals surface area contributed by atoms with Crippen molar-refractivity contribution in [3.05, 3.63) is 12.2 Å². The normalized spacial score (nSPS) is 12.5. The number of hydrogen-bond acceptors (Lipinski definition) is 4. The van der Waals surface area contributed by atoms with Gasteiger partial charge in [0.15, 0.2) is 6.10 Å². The summed E-state index contributed by atoms with van der Waals surface area (Å²) in [6.07, 6.45) is 42.2. The molecule has 0 amide bonds. The molecule has 0 saturated heterocycles. The molecule has 0 aromatic carbocycles. The molecule has 5 nitrogen and oxygen atoms in total. The Morgan fingerprint density at radius 3 is 1.29 bits per heavy atom. The number of carbonyl (C=O) groups is 2. The molecular formula is C43H84NO4+. The van der Waals surface area contributed by atoms with Gasteiger partial charge >= 0.3 is 11.9 Å². The molecule has 0 aliphatic heterocycles. The van der Waals surface area contributed by atoms with Crippen LogP contribution in [0.25, 0.3) is 0 Å². The Balaban J connectivity index is 3.84. The molecule has 0 fully saturated rings. The number of quaternary nitrogens is 1. The fourth-order valence-electron chi connectivity index (χ4n) is 6.42. The molecule has 0 saturated carbocycles. The van der Waals surface area contributed by atoms with E-state index in [0.29, 0.717) is 24.1 Å². The minimum Gasteiger partial charge on any atom is -0.466 e. The predicted octanol–water partition coefficient (Wildman–Crippen LogP) is 12.8. The van der Waals surface area contributed by atoms with Gasteiger partial charge in [-0.25, -0.2) is 0 Å². The fourth-order valence-corrected chi connectivity index (χ4v) is 6.42. The Labute approximate surface area is 300 Å². The lowest BCUT2D eigenvalue weighted by atomic mass is 10.0. The molecule has 48 heavy (non-hydrogen) atoms. The van der Waals surface area contributed by atoms with Crippen LogP contribution in [0.2, 0.25) is 0 Å². The third-order valence-electron chi connectivity index (χ3n) is 9.35. The zero-order valence-corrected chi connectivity index (χ0v) is 33.1. The van der Waals surface area contributed by atoms with Gasteiger partial charge in [0.25, 0.3) is 0 Å². The number of esters is 2. The lowest BCUT2D eigenvalue weighted by Gasteiger charge is -2.28. The average molecular weight is 679 g/mol. The highest BCUT2D eigenvalue weighted by Crippen LogP contribution is 2.15. The standard InChI is InChI=1S/C43H84NO4/c1-6-8-10-12-14-16-18-20-22-24-26-28-30-32-34-36-38-47-43(46)39-41(40-44(3,4)5)48-42(45)37-35-33-31-29-27-25-23-21-19-17-15-13-11-9-7-2/h21,23,41H,6-20,22,24-40H2,1-5H3/q+1/b23-21-. The molecule has 0 bridgehead atoms. The van der Waals surface area contributed by atoms with Crippen molar-refractivity contribution in [2.45, 2.75) is 219 Å². The highest BCUT2D eigenvalue weighted by Gasteiger charge is 2.25. The second-order valence-corrected chi connectivity index (χ2v) is 15.6. The summed E-state index contributed by atoms with van der Waals surface area (Å²) in [5.74, 6) is -0.431. The number of hydrogen-bond donors (Lipinski definition) is 0. The van der Waals surface area contributed by atoms with Gasteiger partial charge in [-0.3, -0.25) is 9.59 Å². The van der Waals surface area contributed by atoms with E-state index in [1.54, 1.807) is 0 Å². The number of likely N-dealkylation sites (N-methyl/N-ethyl adjacent to an activating group) is 1. The maximum absolute atomic E-state index is 12.6. The van der Waals surface area contributed by atoms with Gasteiger partial charge in [0.05, 0.1) is 34.2 Å². The lowest BCUT2D eigenvalue weighted by Crippen LogP contribution is -2.44. The highest BCUT2D eigenvalue weighted by molar-refractivity contribution is 5.72. The van der Waals surface area contributed by atoms with E-state index in [-0.39, 0.29) is 18.4 Å². The van der Waals surface area contributed by atoms with Crippen LogP contribution in [0, 0.1) is 0 Å². The van der Waals surface area contributed by atoms with Crippen LogP contribution in [-0.2, 0) is 19.1 Å². The summed E-state index contributed by atoms with van der Waals surface area (Å²) >= 11 is 0. The Kier molecular flexibility index (Phi) is 34.5. The molecule has 0 spiro atoms. The van der Waals surface area contributed by atoms with E-state index in [0.717, 1.165) is 32.1 Å². The molecule has 0 N–H and O–H groups in total. The number of nitrogens with zero attached hydrogens (tertiary/aromatic N) is 1. The Bertz CT molecular complexity index is 729. The van der Waals surface area contributed by atoms with Gasteiger partial charge in [-0.15, -0.1) is 0 Å². The van der Waals surface area contributed by atoms with Crippen LogP contribution in [0.1, 0.15) is 213 Å². The van der Waals surface area contributed by atoms with Crippen LogP contribution < -0.4 is 0 Å². The monoisotopic (exact) mass is 679 g/mol. The van der Waals surface area contributed by atoms with Gasteiger partial charge in [-0.2, -0.15) is 0 Å². The van der Waals surface area contributed by atoms with E-state index in [1.165, 1.54) is 154 Å². The zero-order chi connectivity index (χ0) is 35.4. The largest absolute Gasteiger partial charge is 0.466 e. The van der Waals surface area contributed by atoms with E-state index < -0.39 is 6.10 Å². The number of ether oxygens (including phenoxy) is 2. The van der Waals surface area contributed by atoms with Gasteiger partial charge < -0.3 is 14.0 Å². The molecule has 0 aliphatic rings. The molecule has 5 heteroatoms. The van der Waals surface area contributed by atoms with Gasteiger partial charge in [0.1, 0.15) is 6.54 Å². The molecule has 1 unspecified atom stereocenters. The first kappa shape index (κ1) is 46.6. The van der Waals surface area contributed by atoms with Crippen molar-refractivity contribution in [1.29, 1.82) is 0 Å². The molecule has 0 aromatic rings. The summed E-state index contributed by atoms with van der Waals surface area (Å²) in [6, 6.07) is 0. The SMILES string of the molecule is CCCCCCCC/C=C\CCCCCCCC(=O)OC(CC(=O)OCCCCCCCCCCCCCCCCCC)C[N+](C)(C)C. The van der Waals surface area contributed by atoms with Crippen molar-refractivity contribution in [3.63, 3.8) is 0 Å². The van der Waals surface area contributed by atoms with E-state index in [1.807, 2.05) is 0 Å². The third-order valence-corrected chi connectivity index (χ3v) is 9.35. The summed E-state index contributed by atoms with van der Waals surface area (Å²) in [5.41, 5.74) is 0. The molecule has 0 heterocycles. The maximum atomic E-state index is 12.6.